The molecule has 1 heterocycles. The van der Waals surface area contributed by atoms with Crippen LogP contribution in [0, 0.1) is 11.7 Å². The Morgan fingerprint density at radius 1 is 1.47 bits per heavy atom. The van der Waals surface area contributed by atoms with Crippen LogP contribution < -0.4 is 10.2 Å². The maximum atomic E-state index is 14.0. The molecule has 0 aromatic heterocycles. The Morgan fingerprint density at radius 2 is 2.21 bits per heavy atom. The summed E-state index contributed by atoms with van der Waals surface area (Å²) in [7, 11) is 0. The van der Waals surface area contributed by atoms with Crippen LogP contribution in [-0.4, -0.2) is 25.2 Å². The van der Waals surface area contributed by atoms with Gasteiger partial charge in [-0.05, 0) is 37.5 Å². The molecule has 1 aromatic rings. The van der Waals surface area contributed by atoms with E-state index in [1.54, 1.807) is 6.07 Å². The molecule has 1 aliphatic heterocycles. The van der Waals surface area contributed by atoms with Gasteiger partial charge >= 0.3 is 0 Å². The van der Waals surface area contributed by atoms with Crippen molar-refractivity contribution in [2.45, 2.75) is 39.3 Å². The zero-order valence-electron chi connectivity index (χ0n) is 11.8. The van der Waals surface area contributed by atoms with E-state index in [1.807, 2.05) is 6.07 Å². The van der Waals surface area contributed by atoms with Gasteiger partial charge in [0.25, 0.3) is 0 Å². The summed E-state index contributed by atoms with van der Waals surface area (Å²) in [5.41, 5.74) is 0.706. The number of halogens is 2. The number of rotatable bonds is 3. The molecule has 1 fully saturated rings. The number of nitrogens with one attached hydrogen (secondary N) is 1. The second kappa shape index (κ2) is 6.23. The van der Waals surface area contributed by atoms with Crippen LogP contribution in [0.15, 0.2) is 22.7 Å². The van der Waals surface area contributed by atoms with E-state index >= 15 is 0 Å². The third-order valence-electron chi connectivity index (χ3n) is 3.62. The fourth-order valence-corrected chi connectivity index (χ4v) is 3.05. The van der Waals surface area contributed by atoms with Crippen molar-refractivity contribution in [3.8, 4) is 0 Å². The first-order chi connectivity index (χ1) is 8.97. The molecular formula is C15H22BrFN2. The Labute approximate surface area is 123 Å². The third-order valence-corrected chi connectivity index (χ3v) is 4.12. The number of hydrogen-bond acceptors (Lipinski definition) is 2. The quantitative estimate of drug-likeness (QED) is 0.907. The highest BCUT2D eigenvalue weighted by atomic mass is 79.9. The van der Waals surface area contributed by atoms with Crippen LogP contribution in [0.2, 0.25) is 0 Å². The van der Waals surface area contributed by atoms with E-state index in [2.05, 4.69) is 46.9 Å². The number of benzene rings is 1. The highest BCUT2D eigenvalue weighted by molar-refractivity contribution is 9.10. The smallest absolute Gasteiger partial charge is 0.146 e. The van der Waals surface area contributed by atoms with Crippen LogP contribution in [0.3, 0.4) is 0 Å². The van der Waals surface area contributed by atoms with Crippen molar-refractivity contribution in [2.75, 3.05) is 18.0 Å². The highest BCUT2D eigenvalue weighted by Gasteiger charge is 2.27. The Kier molecular flexibility index (Phi) is 4.85. The molecule has 1 aliphatic rings. The Morgan fingerprint density at radius 3 is 2.89 bits per heavy atom. The molecule has 106 valence electrons. The van der Waals surface area contributed by atoms with Gasteiger partial charge in [0.15, 0.2) is 0 Å². The van der Waals surface area contributed by atoms with Crippen LogP contribution >= 0.6 is 15.9 Å². The van der Waals surface area contributed by atoms with Gasteiger partial charge in [0, 0.05) is 29.6 Å². The molecular weight excluding hydrogens is 307 g/mol. The summed E-state index contributed by atoms with van der Waals surface area (Å²) in [6.45, 7) is 8.36. The van der Waals surface area contributed by atoms with Crippen molar-refractivity contribution < 1.29 is 4.39 Å². The molecule has 0 radical (unpaired) electrons. The van der Waals surface area contributed by atoms with Crippen molar-refractivity contribution in [1.82, 2.24) is 5.32 Å². The predicted molar refractivity (Wildman–Crippen MR) is 82.2 cm³/mol. The first kappa shape index (κ1) is 14.8. The molecule has 4 heteroatoms. The molecule has 19 heavy (non-hydrogen) atoms. The van der Waals surface area contributed by atoms with Crippen LogP contribution in [-0.2, 0) is 0 Å². The largest absolute Gasteiger partial charge is 0.364 e. The fraction of sp³-hybridized carbons (Fsp3) is 0.600. The molecule has 1 saturated heterocycles. The minimum Gasteiger partial charge on any atom is -0.364 e. The number of nitrogens with zero attached hydrogens (tertiary/aromatic N) is 1. The Balaban J connectivity index is 2.18. The number of anilines is 1. The van der Waals surface area contributed by atoms with E-state index in [-0.39, 0.29) is 5.82 Å². The van der Waals surface area contributed by atoms with E-state index in [0.717, 1.165) is 24.0 Å². The molecule has 1 aromatic carbocycles. The molecule has 0 aliphatic carbocycles. The zero-order valence-corrected chi connectivity index (χ0v) is 13.4. The number of hydrogen-bond donors (Lipinski definition) is 1. The van der Waals surface area contributed by atoms with Gasteiger partial charge < -0.3 is 10.2 Å². The molecule has 2 atom stereocenters. The van der Waals surface area contributed by atoms with Crippen LogP contribution in [0.4, 0.5) is 10.1 Å². The average Bonchev–Trinajstić information content (AvgIpc) is 2.34. The molecule has 0 bridgehead atoms. The third kappa shape index (κ3) is 3.69. The van der Waals surface area contributed by atoms with Gasteiger partial charge in [-0.3, -0.25) is 0 Å². The first-order valence-electron chi connectivity index (χ1n) is 6.92. The lowest BCUT2D eigenvalue weighted by Gasteiger charge is -2.41. The van der Waals surface area contributed by atoms with Crippen molar-refractivity contribution >= 4 is 21.6 Å². The summed E-state index contributed by atoms with van der Waals surface area (Å²) in [6, 6.07) is 5.91. The van der Waals surface area contributed by atoms with Crippen LogP contribution in [0.5, 0.6) is 0 Å². The normalized spacial score (nSPS) is 24.0. The summed E-state index contributed by atoms with van der Waals surface area (Å²) in [5.74, 6) is 0.514. The molecule has 1 N–H and O–H groups in total. The standard InChI is InChI=1S/C15H22BrFN2/c1-10(2)6-13-9-19(11(3)8-18-13)15-7-12(16)4-5-14(15)17/h4-5,7,10-11,13,18H,6,8-9H2,1-3H3. The zero-order chi connectivity index (χ0) is 14.0. The van der Waals surface area contributed by atoms with Gasteiger partial charge in [-0.15, -0.1) is 0 Å². The minimum absolute atomic E-state index is 0.139. The van der Waals surface area contributed by atoms with Crippen molar-refractivity contribution in [1.29, 1.82) is 0 Å². The maximum Gasteiger partial charge on any atom is 0.146 e. The molecule has 0 saturated carbocycles. The van der Waals surface area contributed by atoms with E-state index in [9.17, 15) is 4.39 Å². The highest BCUT2D eigenvalue weighted by Crippen LogP contribution is 2.27. The van der Waals surface area contributed by atoms with E-state index < -0.39 is 0 Å². The van der Waals surface area contributed by atoms with Crippen LogP contribution in [0.25, 0.3) is 0 Å². The Bertz CT molecular complexity index is 436. The second-order valence-corrected chi connectivity index (χ2v) is 6.75. The van der Waals surface area contributed by atoms with E-state index in [4.69, 9.17) is 0 Å². The van der Waals surface area contributed by atoms with E-state index in [0.29, 0.717) is 23.7 Å². The summed E-state index contributed by atoms with van der Waals surface area (Å²) in [5, 5.41) is 3.56. The first-order valence-corrected chi connectivity index (χ1v) is 7.71. The van der Waals surface area contributed by atoms with Crippen molar-refractivity contribution in [2.24, 2.45) is 5.92 Å². The van der Waals surface area contributed by atoms with Gasteiger partial charge in [0.1, 0.15) is 5.82 Å². The summed E-state index contributed by atoms with van der Waals surface area (Å²) in [4.78, 5) is 2.18. The summed E-state index contributed by atoms with van der Waals surface area (Å²) in [6.07, 6.45) is 1.12. The predicted octanol–water partition coefficient (Wildman–Crippen LogP) is 3.80. The monoisotopic (exact) mass is 328 g/mol. The SMILES string of the molecule is CC(C)CC1CN(c2cc(Br)ccc2F)C(C)CN1. The van der Waals surface area contributed by atoms with Crippen LogP contribution in [0.1, 0.15) is 27.2 Å². The molecule has 0 amide bonds. The Hall–Kier alpha value is -0.610. The van der Waals surface area contributed by atoms with Gasteiger partial charge in [-0.2, -0.15) is 0 Å². The fourth-order valence-electron chi connectivity index (χ4n) is 2.70. The molecule has 0 spiro atoms. The van der Waals surface area contributed by atoms with Crippen molar-refractivity contribution in [3.63, 3.8) is 0 Å². The van der Waals surface area contributed by atoms with Gasteiger partial charge in [-0.1, -0.05) is 29.8 Å². The summed E-state index contributed by atoms with van der Waals surface area (Å²) < 4.78 is 15.0. The maximum absolute atomic E-state index is 14.0. The van der Waals surface area contributed by atoms with Gasteiger partial charge in [0.05, 0.1) is 5.69 Å². The second-order valence-electron chi connectivity index (χ2n) is 5.83. The molecule has 2 unspecified atom stereocenters. The van der Waals surface area contributed by atoms with Crippen molar-refractivity contribution in [3.05, 3.63) is 28.5 Å². The molecule has 2 rings (SSSR count). The van der Waals surface area contributed by atoms with Gasteiger partial charge in [0.2, 0.25) is 0 Å². The molecule has 2 nitrogen and oxygen atoms in total. The van der Waals surface area contributed by atoms with E-state index in [1.165, 1.54) is 6.07 Å². The lowest BCUT2D eigenvalue weighted by Crippen LogP contribution is -2.56. The lowest BCUT2D eigenvalue weighted by atomic mass is 9.99. The number of piperazine rings is 1. The lowest BCUT2D eigenvalue weighted by molar-refractivity contribution is 0.354. The average molecular weight is 329 g/mol. The summed E-state index contributed by atoms with van der Waals surface area (Å²) >= 11 is 3.43. The van der Waals surface area contributed by atoms with Gasteiger partial charge in [-0.25, -0.2) is 4.39 Å². The minimum atomic E-state index is -0.139. The topological polar surface area (TPSA) is 15.3 Å².